The van der Waals surface area contributed by atoms with Gasteiger partial charge in [-0.25, -0.2) is 0 Å². The van der Waals surface area contributed by atoms with Gasteiger partial charge in [-0.05, 0) is 89.9 Å². The average Bonchev–Trinajstić information content (AvgIpc) is 3.28. The van der Waals surface area contributed by atoms with Gasteiger partial charge >= 0.3 is 17.9 Å². The van der Waals surface area contributed by atoms with Crippen molar-refractivity contribution in [2.75, 3.05) is 13.2 Å². The van der Waals surface area contributed by atoms with Crippen molar-refractivity contribution in [3.63, 3.8) is 0 Å². The van der Waals surface area contributed by atoms with Crippen LogP contribution in [-0.2, 0) is 28.6 Å². The summed E-state index contributed by atoms with van der Waals surface area (Å²) >= 11 is 0. The zero-order chi connectivity index (χ0) is 45.8. The SMILES string of the molecule is CCCCC/C=C\C/C=C\C/C=C\C/C=C\CCCCCC(=O)OC[C@H](COC(=O)CCCCCCCCC/C=C\CCCCCC)OC(=O)CCCCCCCCCCCCC. The highest BCUT2D eigenvalue weighted by Gasteiger charge is 2.19. The predicted octanol–water partition coefficient (Wildman–Crippen LogP) is 17.6. The van der Waals surface area contributed by atoms with Gasteiger partial charge in [0.1, 0.15) is 13.2 Å². The van der Waals surface area contributed by atoms with E-state index in [1.807, 2.05) is 0 Å². The number of esters is 3. The molecule has 0 radical (unpaired) electrons. The average molecular weight is 881 g/mol. The molecule has 0 rings (SSSR count). The molecule has 0 fully saturated rings. The maximum atomic E-state index is 12.8. The fourth-order valence-corrected chi connectivity index (χ4v) is 7.42. The molecule has 0 aromatic carbocycles. The Hall–Kier alpha value is -2.89. The zero-order valence-corrected chi connectivity index (χ0v) is 41.6. The van der Waals surface area contributed by atoms with Crippen LogP contribution in [0.15, 0.2) is 60.8 Å². The third kappa shape index (κ3) is 50.0. The Bertz CT molecular complexity index is 1150. The molecule has 6 nitrogen and oxygen atoms in total. The molecule has 0 aliphatic carbocycles. The monoisotopic (exact) mass is 881 g/mol. The van der Waals surface area contributed by atoms with Crippen molar-refractivity contribution in [1.29, 1.82) is 0 Å². The lowest BCUT2D eigenvalue weighted by Crippen LogP contribution is -2.30. The summed E-state index contributed by atoms with van der Waals surface area (Å²) in [5.41, 5.74) is 0. The van der Waals surface area contributed by atoms with Gasteiger partial charge in [0.05, 0.1) is 0 Å². The molecule has 0 saturated carbocycles. The van der Waals surface area contributed by atoms with E-state index in [1.54, 1.807) is 0 Å². The number of carbonyl (C=O) groups excluding carboxylic acids is 3. The number of hydrogen-bond acceptors (Lipinski definition) is 6. The highest BCUT2D eigenvalue weighted by atomic mass is 16.6. The lowest BCUT2D eigenvalue weighted by Gasteiger charge is -2.18. The number of rotatable bonds is 48. The minimum absolute atomic E-state index is 0.0849. The molecule has 0 spiro atoms. The van der Waals surface area contributed by atoms with Gasteiger partial charge in [-0.3, -0.25) is 14.4 Å². The van der Waals surface area contributed by atoms with Crippen LogP contribution in [0.1, 0.15) is 265 Å². The predicted molar refractivity (Wildman–Crippen MR) is 270 cm³/mol. The second-order valence-electron chi connectivity index (χ2n) is 17.8. The molecule has 0 heterocycles. The highest BCUT2D eigenvalue weighted by molar-refractivity contribution is 5.71. The molecule has 0 bridgehead atoms. The Morgan fingerprint density at radius 1 is 0.317 bits per heavy atom. The second-order valence-corrected chi connectivity index (χ2v) is 17.8. The Labute approximate surface area is 390 Å². The van der Waals surface area contributed by atoms with Crippen LogP contribution in [0.25, 0.3) is 0 Å². The van der Waals surface area contributed by atoms with Gasteiger partial charge in [0.2, 0.25) is 0 Å². The van der Waals surface area contributed by atoms with Crippen molar-refractivity contribution in [2.24, 2.45) is 0 Å². The van der Waals surface area contributed by atoms with Gasteiger partial charge < -0.3 is 14.2 Å². The lowest BCUT2D eigenvalue weighted by atomic mass is 10.1. The van der Waals surface area contributed by atoms with Crippen LogP contribution in [0.2, 0.25) is 0 Å². The van der Waals surface area contributed by atoms with Crippen molar-refractivity contribution in [3.8, 4) is 0 Å². The summed E-state index contributed by atoms with van der Waals surface area (Å²) in [6.45, 7) is 6.57. The first kappa shape index (κ1) is 60.1. The fourth-order valence-electron chi connectivity index (χ4n) is 7.42. The van der Waals surface area contributed by atoms with E-state index in [9.17, 15) is 14.4 Å². The first-order valence-corrected chi connectivity index (χ1v) is 26.8. The van der Waals surface area contributed by atoms with E-state index in [0.29, 0.717) is 19.3 Å². The van der Waals surface area contributed by atoms with Crippen molar-refractivity contribution in [1.82, 2.24) is 0 Å². The number of unbranched alkanes of at least 4 members (excludes halogenated alkanes) is 27. The van der Waals surface area contributed by atoms with E-state index in [0.717, 1.165) is 83.5 Å². The lowest BCUT2D eigenvalue weighted by molar-refractivity contribution is -0.167. The maximum Gasteiger partial charge on any atom is 0.306 e. The van der Waals surface area contributed by atoms with Crippen molar-refractivity contribution >= 4 is 17.9 Å². The Morgan fingerprint density at radius 3 is 0.968 bits per heavy atom. The van der Waals surface area contributed by atoms with Gasteiger partial charge in [-0.2, -0.15) is 0 Å². The minimum Gasteiger partial charge on any atom is -0.462 e. The molecule has 0 aromatic heterocycles. The summed E-state index contributed by atoms with van der Waals surface area (Å²) in [6.07, 6.45) is 63.4. The van der Waals surface area contributed by atoms with E-state index in [2.05, 4.69) is 81.5 Å². The van der Waals surface area contributed by atoms with Crippen LogP contribution in [0.5, 0.6) is 0 Å². The fraction of sp³-hybridized carbons (Fsp3) is 0.772. The van der Waals surface area contributed by atoms with E-state index < -0.39 is 6.10 Å². The van der Waals surface area contributed by atoms with E-state index in [4.69, 9.17) is 14.2 Å². The van der Waals surface area contributed by atoms with E-state index in [-0.39, 0.29) is 31.1 Å². The van der Waals surface area contributed by atoms with Crippen LogP contribution < -0.4 is 0 Å². The summed E-state index contributed by atoms with van der Waals surface area (Å²) < 4.78 is 16.8. The molecule has 0 aliphatic rings. The topological polar surface area (TPSA) is 78.9 Å². The van der Waals surface area contributed by atoms with E-state index >= 15 is 0 Å². The second kappa shape index (κ2) is 51.7. The zero-order valence-electron chi connectivity index (χ0n) is 41.6. The highest BCUT2D eigenvalue weighted by Crippen LogP contribution is 2.15. The van der Waals surface area contributed by atoms with Crippen LogP contribution in [0.4, 0.5) is 0 Å². The van der Waals surface area contributed by atoms with Crippen LogP contribution in [-0.4, -0.2) is 37.2 Å². The molecule has 1 atom stereocenters. The summed E-state index contributed by atoms with van der Waals surface area (Å²) in [4.78, 5) is 38.0. The van der Waals surface area contributed by atoms with Gasteiger partial charge in [0.15, 0.2) is 6.10 Å². The molecule has 0 aliphatic heterocycles. The molecule has 364 valence electrons. The van der Waals surface area contributed by atoms with Crippen molar-refractivity contribution in [2.45, 2.75) is 271 Å². The molecular weight excluding hydrogens is 781 g/mol. The molecule has 0 unspecified atom stereocenters. The summed E-state index contributed by atoms with van der Waals surface area (Å²) in [6, 6.07) is 0. The number of allylic oxidation sites excluding steroid dienone is 10. The van der Waals surface area contributed by atoms with Gasteiger partial charge in [-0.15, -0.1) is 0 Å². The first-order chi connectivity index (χ1) is 31.0. The third-order valence-corrected chi connectivity index (χ3v) is 11.5. The number of carbonyl (C=O) groups is 3. The van der Waals surface area contributed by atoms with Gasteiger partial charge in [0, 0.05) is 19.3 Å². The third-order valence-electron chi connectivity index (χ3n) is 11.5. The largest absolute Gasteiger partial charge is 0.462 e. The molecule has 0 amide bonds. The Kier molecular flexibility index (Phi) is 49.4. The molecule has 0 saturated heterocycles. The molecule has 6 heteroatoms. The van der Waals surface area contributed by atoms with Crippen LogP contribution >= 0.6 is 0 Å². The van der Waals surface area contributed by atoms with Crippen LogP contribution in [0, 0.1) is 0 Å². The molecule has 63 heavy (non-hydrogen) atoms. The Morgan fingerprint density at radius 2 is 0.571 bits per heavy atom. The summed E-state index contributed by atoms with van der Waals surface area (Å²) in [5, 5.41) is 0. The van der Waals surface area contributed by atoms with Gasteiger partial charge in [0.25, 0.3) is 0 Å². The number of hydrogen-bond donors (Lipinski definition) is 0. The van der Waals surface area contributed by atoms with Crippen molar-refractivity contribution < 1.29 is 28.6 Å². The quantitative estimate of drug-likeness (QED) is 0.0262. The summed E-state index contributed by atoms with van der Waals surface area (Å²) in [7, 11) is 0. The normalized spacial score (nSPS) is 12.5. The molecule has 0 N–H and O–H groups in total. The van der Waals surface area contributed by atoms with E-state index in [1.165, 1.54) is 141 Å². The summed E-state index contributed by atoms with van der Waals surface area (Å²) in [5.74, 6) is -0.915. The van der Waals surface area contributed by atoms with Gasteiger partial charge in [-0.1, -0.05) is 216 Å². The van der Waals surface area contributed by atoms with Crippen molar-refractivity contribution in [3.05, 3.63) is 60.8 Å². The first-order valence-electron chi connectivity index (χ1n) is 26.8. The smallest absolute Gasteiger partial charge is 0.306 e. The Balaban J connectivity index is 4.39. The maximum absolute atomic E-state index is 12.8. The van der Waals surface area contributed by atoms with Crippen LogP contribution in [0.3, 0.4) is 0 Å². The molecular formula is C57H100O6. The standard InChI is InChI=1S/C57H100O6/c1-4-7-10-13-16-19-22-24-26-27-28-29-31-33-36-38-41-44-47-50-56(59)62-53-54(63-57(60)51-48-45-42-39-34-21-18-15-12-9-6-3)52-61-55(58)49-46-43-40-37-35-32-30-25-23-20-17-14-11-8-5-2/h16,19-20,23-24,26,28-29,33,36,54H,4-15,17-18,21-22,25,27,30-32,34-35,37-53H2,1-3H3/b19-16-,23-20-,26-24-,29-28-,36-33-/t54-/m0/s1. The minimum atomic E-state index is -0.786. The molecule has 0 aromatic rings. The number of ether oxygens (including phenoxy) is 3.